The lowest BCUT2D eigenvalue weighted by Gasteiger charge is -2.11. The predicted molar refractivity (Wildman–Crippen MR) is 80.6 cm³/mol. The van der Waals surface area contributed by atoms with Crippen molar-refractivity contribution in [3.8, 4) is 11.5 Å². The van der Waals surface area contributed by atoms with Crippen LogP contribution in [0.15, 0.2) is 6.07 Å². The fourth-order valence-corrected chi connectivity index (χ4v) is 2.83. The van der Waals surface area contributed by atoms with Gasteiger partial charge in [0, 0.05) is 6.07 Å². The zero-order valence-corrected chi connectivity index (χ0v) is 12.6. The summed E-state index contributed by atoms with van der Waals surface area (Å²) in [6, 6.07) is 1.75. The highest BCUT2D eigenvalue weighted by molar-refractivity contribution is 7.22. The van der Waals surface area contributed by atoms with E-state index in [2.05, 4.69) is 4.98 Å². The lowest BCUT2D eigenvalue weighted by molar-refractivity contribution is 0.314. The average Bonchev–Trinajstić information content (AvgIpc) is 2.77. The van der Waals surface area contributed by atoms with E-state index in [1.807, 2.05) is 13.8 Å². The molecule has 1 aromatic heterocycles. The van der Waals surface area contributed by atoms with Gasteiger partial charge in [0.15, 0.2) is 10.9 Å². The first kappa shape index (κ1) is 14.2. The maximum Gasteiger partial charge on any atom is 0.181 e. The molecule has 104 valence electrons. The molecule has 0 fully saturated rings. The van der Waals surface area contributed by atoms with Crippen LogP contribution < -0.4 is 15.2 Å². The largest absolute Gasteiger partial charge is 0.491 e. The van der Waals surface area contributed by atoms with Gasteiger partial charge in [-0.1, -0.05) is 36.8 Å². The maximum absolute atomic E-state index is 6.27. The maximum atomic E-state index is 6.27. The number of halogens is 1. The number of hydrogen-bond donors (Lipinski definition) is 1. The monoisotopic (exact) mass is 300 g/mol. The summed E-state index contributed by atoms with van der Waals surface area (Å²) in [6.45, 7) is 5.33. The molecular weight excluding hydrogens is 284 g/mol. The number of nitrogen functional groups attached to an aromatic ring is 1. The highest BCUT2D eigenvalue weighted by Gasteiger charge is 2.17. The highest BCUT2D eigenvalue weighted by Crippen LogP contribution is 2.43. The van der Waals surface area contributed by atoms with Crippen molar-refractivity contribution in [1.82, 2.24) is 4.98 Å². The normalized spacial score (nSPS) is 10.9. The van der Waals surface area contributed by atoms with E-state index < -0.39 is 0 Å². The Labute approximate surface area is 121 Å². The lowest BCUT2D eigenvalue weighted by atomic mass is 10.3. The molecule has 2 aromatic rings. The van der Waals surface area contributed by atoms with E-state index in [0.29, 0.717) is 34.9 Å². The van der Waals surface area contributed by atoms with Crippen molar-refractivity contribution < 1.29 is 9.47 Å². The Morgan fingerprint density at radius 3 is 2.63 bits per heavy atom. The molecule has 0 atom stereocenters. The number of benzene rings is 1. The van der Waals surface area contributed by atoms with Crippen LogP contribution >= 0.6 is 22.9 Å². The highest BCUT2D eigenvalue weighted by atomic mass is 35.5. The Hall–Kier alpha value is -1.20. The van der Waals surface area contributed by atoms with Crippen molar-refractivity contribution in [3.05, 3.63) is 11.1 Å². The third-order valence-electron chi connectivity index (χ3n) is 2.47. The van der Waals surface area contributed by atoms with Crippen molar-refractivity contribution >= 4 is 38.3 Å². The van der Waals surface area contributed by atoms with Crippen LogP contribution in [0.4, 0.5) is 5.13 Å². The minimum atomic E-state index is 0.486. The van der Waals surface area contributed by atoms with Gasteiger partial charge in [0.1, 0.15) is 16.0 Å². The predicted octanol–water partition coefficient (Wildman–Crippen LogP) is 4.11. The van der Waals surface area contributed by atoms with Crippen LogP contribution in [0, 0.1) is 0 Å². The molecule has 0 amide bonds. The molecule has 0 spiro atoms. The third-order valence-corrected chi connectivity index (χ3v) is 3.63. The minimum absolute atomic E-state index is 0.486. The van der Waals surface area contributed by atoms with E-state index in [9.17, 15) is 0 Å². The standard InChI is InChI=1S/C13H17ClN2O2S/c1-3-5-17-9-7-8(14)11(18-6-4-2)12-10(9)16-13(15)19-12/h7H,3-6H2,1-2H3,(H2,15,16). The first-order valence-corrected chi connectivity index (χ1v) is 7.50. The SMILES string of the molecule is CCCOc1cc(Cl)c(OCCC)c2sc(N)nc12. The van der Waals surface area contributed by atoms with Gasteiger partial charge >= 0.3 is 0 Å². The van der Waals surface area contributed by atoms with E-state index in [-0.39, 0.29) is 0 Å². The van der Waals surface area contributed by atoms with E-state index in [0.717, 1.165) is 23.1 Å². The topological polar surface area (TPSA) is 57.4 Å². The summed E-state index contributed by atoms with van der Waals surface area (Å²) < 4.78 is 12.2. The number of anilines is 1. The van der Waals surface area contributed by atoms with Gasteiger partial charge in [0.05, 0.1) is 18.2 Å². The number of nitrogens with two attached hydrogens (primary N) is 1. The van der Waals surface area contributed by atoms with Gasteiger partial charge in [-0.2, -0.15) is 0 Å². The second-order valence-corrected chi connectivity index (χ2v) is 5.55. The molecule has 4 nitrogen and oxygen atoms in total. The minimum Gasteiger partial charge on any atom is -0.491 e. The first-order valence-electron chi connectivity index (χ1n) is 6.31. The molecule has 1 heterocycles. The van der Waals surface area contributed by atoms with Gasteiger partial charge in [-0.3, -0.25) is 0 Å². The number of fused-ring (bicyclic) bond motifs is 1. The van der Waals surface area contributed by atoms with Gasteiger partial charge in [-0.25, -0.2) is 4.98 Å². The summed E-state index contributed by atoms with van der Waals surface area (Å²) >= 11 is 7.63. The Morgan fingerprint density at radius 2 is 1.95 bits per heavy atom. The summed E-state index contributed by atoms with van der Waals surface area (Å²) in [5, 5.41) is 1.02. The van der Waals surface area contributed by atoms with Crippen LogP contribution in [0.25, 0.3) is 10.2 Å². The Morgan fingerprint density at radius 1 is 1.26 bits per heavy atom. The molecule has 0 bridgehead atoms. The second-order valence-electron chi connectivity index (χ2n) is 4.11. The average molecular weight is 301 g/mol. The van der Waals surface area contributed by atoms with Gasteiger partial charge in [0.25, 0.3) is 0 Å². The molecule has 0 aliphatic heterocycles. The Kier molecular flexibility index (Phi) is 4.71. The van der Waals surface area contributed by atoms with Crippen LogP contribution in [0.1, 0.15) is 26.7 Å². The van der Waals surface area contributed by atoms with Crippen LogP contribution in [-0.4, -0.2) is 18.2 Å². The van der Waals surface area contributed by atoms with Crippen LogP contribution in [0.2, 0.25) is 5.02 Å². The van der Waals surface area contributed by atoms with Crippen molar-refractivity contribution in [2.45, 2.75) is 26.7 Å². The molecule has 2 N–H and O–H groups in total. The van der Waals surface area contributed by atoms with Crippen molar-refractivity contribution in [3.63, 3.8) is 0 Å². The molecule has 2 rings (SSSR count). The quantitative estimate of drug-likeness (QED) is 0.872. The zero-order chi connectivity index (χ0) is 13.8. The number of aromatic nitrogens is 1. The Bertz CT molecular complexity index is 571. The second kappa shape index (κ2) is 6.30. The van der Waals surface area contributed by atoms with Crippen molar-refractivity contribution in [1.29, 1.82) is 0 Å². The van der Waals surface area contributed by atoms with Crippen LogP contribution in [-0.2, 0) is 0 Å². The molecule has 1 aromatic carbocycles. The summed E-state index contributed by atoms with van der Waals surface area (Å²) in [7, 11) is 0. The number of rotatable bonds is 6. The lowest BCUT2D eigenvalue weighted by Crippen LogP contribution is -1.99. The van der Waals surface area contributed by atoms with Crippen molar-refractivity contribution in [2.75, 3.05) is 18.9 Å². The molecule has 0 radical (unpaired) electrons. The van der Waals surface area contributed by atoms with Crippen LogP contribution in [0.3, 0.4) is 0 Å². The molecule has 6 heteroatoms. The van der Waals surface area contributed by atoms with E-state index in [1.165, 1.54) is 11.3 Å². The Balaban J connectivity index is 2.49. The van der Waals surface area contributed by atoms with Gasteiger partial charge in [-0.15, -0.1) is 0 Å². The molecule has 0 saturated carbocycles. The van der Waals surface area contributed by atoms with E-state index >= 15 is 0 Å². The molecule has 0 aliphatic carbocycles. The number of hydrogen-bond acceptors (Lipinski definition) is 5. The van der Waals surface area contributed by atoms with Gasteiger partial charge in [0.2, 0.25) is 0 Å². The van der Waals surface area contributed by atoms with E-state index in [4.69, 9.17) is 26.8 Å². The van der Waals surface area contributed by atoms with Crippen LogP contribution in [0.5, 0.6) is 11.5 Å². The fraction of sp³-hybridized carbons (Fsp3) is 0.462. The first-order chi connectivity index (χ1) is 9.17. The van der Waals surface area contributed by atoms with Gasteiger partial charge in [-0.05, 0) is 12.8 Å². The zero-order valence-electron chi connectivity index (χ0n) is 11.0. The summed E-state index contributed by atoms with van der Waals surface area (Å²) in [4.78, 5) is 4.31. The summed E-state index contributed by atoms with van der Waals surface area (Å²) in [5.41, 5.74) is 6.52. The third kappa shape index (κ3) is 3.04. The number of ether oxygens (including phenoxy) is 2. The molecule has 0 unspecified atom stereocenters. The number of thiazole rings is 1. The summed E-state index contributed by atoms with van der Waals surface area (Å²) in [5.74, 6) is 1.32. The summed E-state index contributed by atoms with van der Waals surface area (Å²) in [6.07, 6.45) is 1.84. The number of nitrogens with zero attached hydrogens (tertiary/aromatic N) is 1. The van der Waals surface area contributed by atoms with E-state index in [1.54, 1.807) is 6.07 Å². The fourth-order valence-electron chi connectivity index (χ4n) is 1.68. The van der Waals surface area contributed by atoms with Crippen molar-refractivity contribution in [2.24, 2.45) is 0 Å². The molecule has 0 saturated heterocycles. The van der Waals surface area contributed by atoms with Gasteiger partial charge < -0.3 is 15.2 Å². The molecular formula is C13H17ClN2O2S. The molecule has 0 aliphatic rings. The molecule has 19 heavy (non-hydrogen) atoms. The smallest absolute Gasteiger partial charge is 0.181 e.